The lowest BCUT2D eigenvalue weighted by Gasteiger charge is -2.11. The first-order valence-corrected chi connectivity index (χ1v) is 9.43. The molecule has 164 valence electrons. The second kappa shape index (κ2) is 9.94. The van der Waals surface area contributed by atoms with E-state index in [9.17, 15) is 4.79 Å². The van der Waals surface area contributed by atoms with Crippen molar-refractivity contribution in [1.82, 2.24) is 29.9 Å². The van der Waals surface area contributed by atoms with Crippen molar-refractivity contribution in [3.05, 3.63) is 66.4 Å². The molecule has 4 aromatic rings. The lowest BCUT2D eigenvalue weighted by molar-refractivity contribution is 0.101. The Morgan fingerprint density at radius 2 is 1.81 bits per heavy atom. The minimum Gasteiger partial charge on any atom is -0.479 e. The van der Waals surface area contributed by atoms with Crippen LogP contribution in [0.15, 0.2) is 54.9 Å². The van der Waals surface area contributed by atoms with Crippen molar-refractivity contribution in [2.45, 2.75) is 6.54 Å². The summed E-state index contributed by atoms with van der Waals surface area (Å²) in [5.74, 6) is 0.415. The summed E-state index contributed by atoms with van der Waals surface area (Å²) >= 11 is 0. The number of carbonyl (C=O) groups is 1. The Morgan fingerprint density at radius 3 is 2.47 bits per heavy atom. The SMILES string of the molecule is COc1nc(-c2cnc(CN)nc2)ccc1NC(=O)c1c(-c2ccccc2)nnn1C.Cl. The second-order valence-corrected chi connectivity index (χ2v) is 6.58. The van der Waals surface area contributed by atoms with Gasteiger partial charge in [-0.3, -0.25) is 4.79 Å². The molecule has 0 aliphatic rings. The molecule has 10 nitrogen and oxygen atoms in total. The van der Waals surface area contributed by atoms with Gasteiger partial charge in [0.05, 0.1) is 19.3 Å². The van der Waals surface area contributed by atoms with Crippen LogP contribution in [0.2, 0.25) is 0 Å². The summed E-state index contributed by atoms with van der Waals surface area (Å²) in [4.78, 5) is 25.9. The smallest absolute Gasteiger partial charge is 0.276 e. The number of ether oxygens (including phenoxy) is 1. The normalized spacial score (nSPS) is 10.3. The highest BCUT2D eigenvalue weighted by atomic mass is 35.5. The Labute approximate surface area is 190 Å². The zero-order valence-corrected chi connectivity index (χ0v) is 18.2. The van der Waals surface area contributed by atoms with Gasteiger partial charge in [0, 0.05) is 30.6 Å². The fourth-order valence-corrected chi connectivity index (χ4v) is 3.03. The highest BCUT2D eigenvalue weighted by molar-refractivity contribution is 6.07. The van der Waals surface area contributed by atoms with Crippen LogP contribution in [0, 0.1) is 0 Å². The Bertz CT molecular complexity index is 1210. The minimum atomic E-state index is -0.380. The van der Waals surface area contributed by atoms with Gasteiger partial charge in [0.1, 0.15) is 17.2 Å². The number of amides is 1. The van der Waals surface area contributed by atoms with Crippen LogP contribution in [0.1, 0.15) is 16.3 Å². The van der Waals surface area contributed by atoms with Crippen LogP contribution in [-0.2, 0) is 13.6 Å². The number of hydrogen-bond donors (Lipinski definition) is 2. The van der Waals surface area contributed by atoms with Crippen LogP contribution in [-0.4, -0.2) is 43.0 Å². The Balaban J connectivity index is 0.00000289. The van der Waals surface area contributed by atoms with Gasteiger partial charge >= 0.3 is 0 Å². The van der Waals surface area contributed by atoms with Gasteiger partial charge in [0.15, 0.2) is 5.69 Å². The van der Waals surface area contributed by atoms with Crippen LogP contribution >= 0.6 is 12.4 Å². The topological polar surface area (TPSA) is 134 Å². The van der Waals surface area contributed by atoms with E-state index < -0.39 is 0 Å². The van der Waals surface area contributed by atoms with Gasteiger partial charge < -0.3 is 15.8 Å². The summed E-state index contributed by atoms with van der Waals surface area (Å²) in [6.07, 6.45) is 3.28. The standard InChI is InChI=1S/C21H20N8O2.ClH/c1-29-19(18(27-28-29)13-6-4-3-5-7-13)20(30)25-16-9-8-15(26-21(16)31-2)14-11-23-17(10-22)24-12-14;/h3-9,11-12H,10,22H2,1-2H3,(H,25,30);1H. The molecule has 11 heteroatoms. The monoisotopic (exact) mass is 452 g/mol. The van der Waals surface area contributed by atoms with Crippen molar-refractivity contribution in [3.63, 3.8) is 0 Å². The number of aromatic nitrogens is 6. The Kier molecular flexibility index (Phi) is 7.08. The fraction of sp³-hybridized carbons (Fsp3) is 0.143. The van der Waals surface area contributed by atoms with Gasteiger partial charge in [-0.15, -0.1) is 17.5 Å². The van der Waals surface area contributed by atoms with Crippen molar-refractivity contribution < 1.29 is 9.53 Å². The van der Waals surface area contributed by atoms with E-state index in [1.807, 2.05) is 30.3 Å². The van der Waals surface area contributed by atoms with Crippen molar-refractivity contribution in [2.75, 3.05) is 12.4 Å². The maximum Gasteiger partial charge on any atom is 0.276 e. The number of hydrogen-bond acceptors (Lipinski definition) is 8. The molecular weight excluding hydrogens is 432 g/mol. The summed E-state index contributed by atoms with van der Waals surface area (Å²) in [5, 5.41) is 11.0. The number of aryl methyl sites for hydroxylation is 1. The molecular formula is C21H21ClN8O2. The number of halogens is 1. The second-order valence-electron chi connectivity index (χ2n) is 6.58. The molecule has 0 saturated heterocycles. The molecule has 0 saturated carbocycles. The van der Waals surface area contributed by atoms with Crippen molar-refractivity contribution in [2.24, 2.45) is 12.8 Å². The van der Waals surface area contributed by atoms with Crippen LogP contribution in [0.4, 0.5) is 5.69 Å². The van der Waals surface area contributed by atoms with Gasteiger partial charge in [0.25, 0.3) is 5.91 Å². The zero-order valence-electron chi connectivity index (χ0n) is 17.4. The maximum absolute atomic E-state index is 13.1. The van der Waals surface area contributed by atoms with E-state index in [0.717, 1.165) is 5.56 Å². The number of nitrogens with one attached hydrogen (secondary N) is 1. The van der Waals surface area contributed by atoms with Gasteiger partial charge in [-0.05, 0) is 12.1 Å². The van der Waals surface area contributed by atoms with Gasteiger partial charge in [0.2, 0.25) is 5.88 Å². The fourth-order valence-electron chi connectivity index (χ4n) is 3.03. The van der Waals surface area contributed by atoms with Crippen molar-refractivity contribution in [1.29, 1.82) is 0 Å². The molecule has 1 amide bonds. The first-order valence-electron chi connectivity index (χ1n) is 9.43. The molecule has 0 spiro atoms. The molecule has 0 atom stereocenters. The number of nitrogens with two attached hydrogens (primary N) is 1. The highest BCUT2D eigenvalue weighted by Crippen LogP contribution is 2.28. The van der Waals surface area contributed by atoms with E-state index in [2.05, 4.69) is 30.6 Å². The van der Waals surface area contributed by atoms with Crippen molar-refractivity contribution >= 4 is 24.0 Å². The third kappa shape index (κ3) is 4.56. The largest absolute Gasteiger partial charge is 0.479 e. The molecule has 0 aliphatic heterocycles. The third-order valence-corrected chi connectivity index (χ3v) is 4.57. The molecule has 0 fully saturated rings. The number of anilines is 1. The molecule has 1 aromatic carbocycles. The summed E-state index contributed by atoms with van der Waals surface area (Å²) in [7, 11) is 3.15. The summed E-state index contributed by atoms with van der Waals surface area (Å²) in [6, 6.07) is 12.8. The van der Waals surface area contributed by atoms with E-state index >= 15 is 0 Å². The Hall–Kier alpha value is -3.89. The van der Waals surface area contributed by atoms with E-state index in [-0.39, 0.29) is 30.7 Å². The number of benzene rings is 1. The van der Waals surface area contributed by atoms with Gasteiger partial charge in [-0.1, -0.05) is 35.5 Å². The van der Waals surface area contributed by atoms with Crippen LogP contribution in [0.3, 0.4) is 0 Å². The maximum atomic E-state index is 13.1. The van der Waals surface area contributed by atoms with Crippen molar-refractivity contribution in [3.8, 4) is 28.4 Å². The molecule has 3 N–H and O–H groups in total. The number of carbonyl (C=O) groups excluding carboxylic acids is 1. The molecule has 0 radical (unpaired) electrons. The minimum absolute atomic E-state index is 0. The van der Waals surface area contributed by atoms with Gasteiger partial charge in [-0.2, -0.15) is 0 Å². The first kappa shape index (κ1) is 22.8. The van der Waals surface area contributed by atoms with E-state index in [4.69, 9.17) is 10.5 Å². The summed E-state index contributed by atoms with van der Waals surface area (Å²) in [6.45, 7) is 0.260. The lowest BCUT2D eigenvalue weighted by Crippen LogP contribution is -2.18. The van der Waals surface area contributed by atoms with E-state index in [0.29, 0.717) is 34.2 Å². The van der Waals surface area contributed by atoms with Crippen LogP contribution < -0.4 is 15.8 Å². The summed E-state index contributed by atoms with van der Waals surface area (Å²) in [5.41, 5.74) is 8.86. The lowest BCUT2D eigenvalue weighted by atomic mass is 10.1. The van der Waals surface area contributed by atoms with E-state index in [1.165, 1.54) is 11.8 Å². The molecule has 0 unspecified atom stereocenters. The molecule has 0 aliphatic carbocycles. The molecule has 0 bridgehead atoms. The molecule has 32 heavy (non-hydrogen) atoms. The average molecular weight is 453 g/mol. The predicted molar refractivity (Wildman–Crippen MR) is 121 cm³/mol. The van der Waals surface area contributed by atoms with Gasteiger partial charge in [-0.25, -0.2) is 19.6 Å². The number of rotatable bonds is 6. The number of methoxy groups -OCH3 is 1. The number of pyridine rings is 1. The molecule has 4 rings (SSSR count). The quantitative estimate of drug-likeness (QED) is 0.455. The average Bonchev–Trinajstić information content (AvgIpc) is 3.21. The third-order valence-electron chi connectivity index (χ3n) is 4.57. The van der Waals surface area contributed by atoms with Crippen LogP contribution in [0.5, 0.6) is 5.88 Å². The number of nitrogens with zero attached hydrogens (tertiary/aromatic N) is 6. The first-order chi connectivity index (χ1) is 15.1. The molecule has 3 heterocycles. The van der Waals surface area contributed by atoms with E-state index in [1.54, 1.807) is 31.6 Å². The van der Waals surface area contributed by atoms with Crippen LogP contribution in [0.25, 0.3) is 22.5 Å². The molecule has 3 aromatic heterocycles. The highest BCUT2D eigenvalue weighted by Gasteiger charge is 2.21. The predicted octanol–water partition coefficient (Wildman–Crippen LogP) is 2.48. The summed E-state index contributed by atoms with van der Waals surface area (Å²) < 4.78 is 6.82. The zero-order chi connectivity index (χ0) is 21.8. The Morgan fingerprint density at radius 1 is 1.09 bits per heavy atom.